The fourth-order valence-electron chi connectivity index (χ4n) is 1.43. The molecule has 0 bridgehead atoms. The Morgan fingerprint density at radius 1 is 1.00 bits per heavy atom. The number of halogens is 4. The van der Waals surface area contributed by atoms with Crippen molar-refractivity contribution in [1.82, 2.24) is 0 Å². The summed E-state index contributed by atoms with van der Waals surface area (Å²) in [7, 11) is 0. The zero-order valence-electron chi connectivity index (χ0n) is 7.07. The molecule has 0 saturated heterocycles. The van der Waals surface area contributed by atoms with Gasteiger partial charge in [-0.3, -0.25) is 0 Å². The molecule has 1 aliphatic heterocycles. The summed E-state index contributed by atoms with van der Waals surface area (Å²) in [6.07, 6.45) is 0. The van der Waals surface area contributed by atoms with Crippen molar-refractivity contribution in [3.8, 4) is 0 Å². The van der Waals surface area contributed by atoms with E-state index in [1.165, 1.54) is 0 Å². The van der Waals surface area contributed by atoms with Gasteiger partial charge in [0.15, 0.2) is 23.3 Å². The summed E-state index contributed by atoms with van der Waals surface area (Å²) in [6, 6.07) is 0. The lowest BCUT2D eigenvalue weighted by Crippen LogP contribution is -2.14. The van der Waals surface area contributed by atoms with E-state index in [0.717, 1.165) is 0 Å². The standard InChI is InChI=1S/C8H3F4N2O/c9-4-3-2(13)1-14(15)8(3)7(12)6(11)5(4)10/h13H,1H2/q-1. The molecule has 0 unspecified atom stereocenters. The highest BCUT2D eigenvalue weighted by atomic mass is 19.2. The molecular weight excluding hydrogens is 216 g/mol. The van der Waals surface area contributed by atoms with Crippen molar-refractivity contribution in [3.05, 3.63) is 34.0 Å². The minimum atomic E-state index is -2.04. The van der Waals surface area contributed by atoms with Gasteiger partial charge in [0.1, 0.15) is 0 Å². The maximum atomic E-state index is 13.1. The molecule has 0 radical (unpaired) electrons. The first kappa shape index (κ1) is 9.91. The van der Waals surface area contributed by atoms with Gasteiger partial charge in [0.25, 0.3) is 0 Å². The molecule has 1 aromatic carbocycles. The van der Waals surface area contributed by atoms with Crippen molar-refractivity contribution in [2.45, 2.75) is 0 Å². The third-order valence-corrected chi connectivity index (χ3v) is 2.10. The first-order valence-corrected chi connectivity index (χ1v) is 3.83. The van der Waals surface area contributed by atoms with E-state index in [-0.39, 0.29) is 5.06 Å². The van der Waals surface area contributed by atoms with Gasteiger partial charge in [0.05, 0.1) is 17.0 Å². The fourth-order valence-corrected chi connectivity index (χ4v) is 1.43. The van der Waals surface area contributed by atoms with Gasteiger partial charge in [-0.25, -0.2) is 17.6 Å². The Labute approximate surface area is 81.0 Å². The molecule has 0 amide bonds. The number of hydroxylamine groups is 1. The topological polar surface area (TPSA) is 50.2 Å². The third kappa shape index (κ3) is 1.13. The molecule has 3 nitrogen and oxygen atoms in total. The number of anilines is 1. The van der Waals surface area contributed by atoms with Crippen LogP contribution in [0.25, 0.3) is 0 Å². The lowest BCUT2D eigenvalue weighted by Gasteiger charge is -2.24. The van der Waals surface area contributed by atoms with Gasteiger partial charge < -0.3 is 15.7 Å². The van der Waals surface area contributed by atoms with Crippen LogP contribution < -0.4 is 5.06 Å². The molecule has 0 atom stereocenters. The Morgan fingerprint density at radius 3 is 2.13 bits per heavy atom. The molecule has 0 fully saturated rings. The quantitative estimate of drug-likeness (QED) is 0.411. The van der Waals surface area contributed by atoms with Crippen molar-refractivity contribution in [2.24, 2.45) is 0 Å². The summed E-state index contributed by atoms with van der Waals surface area (Å²) in [6.45, 7) is -0.619. The predicted octanol–water partition coefficient (Wildman–Crippen LogP) is 1.93. The number of hydrogen-bond donors (Lipinski definition) is 1. The Balaban J connectivity index is 2.86. The third-order valence-electron chi connectivity index (χ3n) is 2.10. The maximum Gasteiger partial charge on any atom is 0.199 e. The van der Waals surface area contributed by atoms with Crippen molar-refractivity contribution >= 4 is 11.4 Å². The zero-order valence-corrected chi connectivity index (χ0v) is 7.07. The number of rotatable bonds is 0. The molecule has 15 heavy (non-hydrogen) atoms. The van der Waals surface area contributed by atoms with Gasteiger partial charge in [-0.2, -0.15) is 0 Å². The lowest BCUT2D eigenvalue weighted by atomic mass is 10.1. The summed E-state index contributed by atoms with van der Waals surface area (Å²) in [5, 5.41) is 18.0. The summed E-state index contributed by atoms with van der Waals surface area (Å²) in [5.74, 6) is -7.51. The first-order valence-electron chi connectivity index (χ1n) is 3.83. The van der Waals surface area contributed by atoms with E-state index in [2.05, 4.69) is 0 Å². The Bertz CT molecular complexity index is 474. The predicted molar refractivity (Wildman–Crippen MR) is 43.8 cm³/mol. The molecule has 1 heterocycles. The largest absolute Gasteiger partial charge is 0.758 e. The van der Waals surface area contributed by atoms with Gasteiger partial charge in [0.2, 0.25) is 0 Å². The summed E-state index contributed by atoms with van der Waals surface area (Å²) >= 11 is 0. The molecule has 0 saturated carbocycles. The Hall–Kier alpha value is -1.63. The summed E-state index contributed by atoms with van der Waals surface area (Å²) in [5.41, 5.74) is -2.33. The molecule has 1 aliphatic rings. The molecule has 2 rings (SSSR count). The second-order valence-electron chi connectivity index (χ2n) is 2.99. The second kappa shape index (κ2) is 2.93. The monoisotopic (exact) mass is 219 g/mol. The van der Waals surface area contributed by atoms with Crippen LogP contribution in [0, 0.1) is 33.9 Å². The summed E-state index contributed by atoms with van der Waals surface area (Å²) < 4.78 is 51.6. The van der Waals surface area contributed by atoms with Crippen LogP contribution in [-0.2, 0) is 0 Å². The number of nitrogens with zero attached hydrogens (tertiary/aromatic N) is 1. The van der Waals surface area contributed by atoms with Crippen molar-refractivity contribution < 1.29 is 17.6 Å². The van der Waals surface area contributed by atoms with Crippen LogP contribution >= 0.6 is 0 Å². The number of fused-ring (bicyclic) bond motifs is 1. The van der Waals surface area contributed by atoms with E-state index < -0.39 is 46.8 Å². The van der Waals surface area contributed by atoms with E-state index in [9.17, 15) is 22.8 Å². The first-order chi connectivity index (χ1) is 6.95. The Morgan fingerprint density at radius 2 is 1.53 bits per heavy atom. The van der Waals surface area contributed by atoms with Gasteiger partial charge in [-0.05, 0) is 0 Å². The van der Waals surface area contributed by atoms with Crippen molar-refractivity contribution in [1.29, 1.82) is 5.41 Å². The molecular formula is C8H3F4N2O-. The van der Waals surface area contributed by atoms with Crippen LogP contribution in [0.15, 0.2) is 0 Å². The highest BCUT2D eigenvalue weighted by Gasteiger charge is 2.32. The molecule has 7 heteroatoms. The van der Waals surface area contributed by atoms with E-state index in [0.29, 0.717) is 0 Å². The van der Waals surface area contributed by atoms with E-state index >= 15 is 0 Å². The number of benzene rings is 1. The molecule has 1 N–H and O–H groups in total. The highest BCUT2D eigenvalue weighted by molar-refractivity contribution is 6.10. The normalized spacial score (nSPS) is 14.7. The molecule has 0 aromatic heterocycles. The molecule has 0 spiro atoms. The molecule has 80 valence electrons. The van der Waals surface area contributed by atoms with Crippen LogP contribution in [0.1, 0.15) is 5.56 Å². The average Bonchev–Trinajstić information content (AvgIpc) is 2.47. The minimum absolute atomic E-state index is 0.0847. The van der Waals surface area contributed by atoms with Crippen LogP contribution in [0.4, 0.5) is 23.2 Å². The van der Waals surface area contributed by atoms with Crippen LogP contribution in [0.2, 0.25) is 0 Å². The number of nitrogens with one attached hydrogen (secondary N) is 1. The van der Waals surface area contributed by atoms with Gasteiger partial charge in [-0.15, -0.1) is 0 Å². The molecule has 1 aromatic rings. The van der Waals surface area contributed by atoms with Gasteiger partial charge in [-0.1, -0.05) is 0 Å². The van der Waals surface area contributed by atoms with E-state index in [4.69, 9.17) is 5.41 Å². The van der Waals surface area contributed by atoms with Crippen LogP contribution in [0.5, 0.6) is 0 Å². The average molecular weight is 219 g/mol. The maximum absolute atomic E-state index is 13.1. The number of hydrogen-bond acceptors (Lipinski definition) is 3. The smallest absolute Gasteiger partial charge is 0.199 e. The van der Waals surface area contributed by atoms with Gasteiger partial charge in [0, 0.05) is 6.54 Å². The fraction of sp³-hybridized carbons (Fsp3) is 0.125. The minimum Gasteiger partial charge on any atom is -0.758 e. The Kier molecular flexibility index (Phi) is 1.93. The highest BCUT2D eigenvalue weighted by Crippen LogP contribution is 2.35. The van der Waals surface area contributed by atoms with Gasteiger partial charge >= 0.3 is 0 Å². The zero-order chi connectivity index (χ0) is 11.3. The van der Waals surface area contributed by atoms with Crippen molar-refractivity contribution in [3.63, 3.8) is 0 Å². The molecule has 0 aliphatic carbocycles. The van der Waals surface area contributed by atoms with Crippen LogP contribution in [0.3, 0.4) is 0 Å². The van der Waals surface area contributed by atoms with Crippen molar-refractivity contribution in [2.75, 3.05) is 11.6 Å². The van der Waals surface area contributed by atoms with E-state index in [1.807, 2.05) is 0 Å². The van der Waals surface area contributed by atoms with Crippen LogP contribution in [-0.4, -0.2) is 12.3 Å². The second-order valence-corrected chi connectivity index (χ2v) is 2.99. The lowest BCUT2D eigenvalue weighted by molar-refractivity contribution is 0.410. The van der Waals surface area contributed by atoms with E-state index in [1.54, 1.807) is 0 Å². The summed E-state index contributed by atoms with van der Waals surface area (Å²) in [4.78, 5) is 0. The SMILES string of the molecule is N=C1CN([O-])c2c(F)c(F)c(F)c(F)c21.